The van der Waals surface area contributed by atoms with E-state index < -0.39 is 6.10 Å². The van der Waals surface area contributed by atoms with Crippen molar-refractivity contribution in [2.75, 3.05) is 18.0 Å². The summed E-state index contributed by atoms with van der Waals surface area (Å²) in [4.78, 5) is 13.7. The van der Waals surface area contributed by atoms with Gasteiger partial charge in [-0.2, -0.15) is 5.26 Å². The number of hydrogen-bond acceptors (Lipinski definition) is 4. The minimum absolute atomic E-state index is 0.0369. The lowest BCUT2D eigenvalue weighted by atomic mass is 10.0. The molecule has 100 valence electrons. The minimum Gasteiger partial charge on any atom is -0.389 e. The van der Waals surface area contributed by atoms with Gasteiger partial charge in [0.05, 0.1) is 17.7 Å². The summed E-state index contributed by atoms with van der Waals surface area (Å²) in [6.45, 7) is 4.74. The normalized spacial score (nSPS) is 20.6. The van der Waals surface area contributed by atoms with E-state index in [0.717, 1.165) is 11.3 Å². The number of nitrogens with zero attached hydrogens (tertiary/aromatic N) is 2. The van der Waals surface area contributed by atoms with Gasteiger partial charge in [-0.25, -0.2) is 0 Å². The van der Waals surface area contributed by atoms with Crippen LogP contribution in [0.2, 0.25) is 0 Å². The number of carbonyl (C=O) groups excluding carboxylic acids is 1. The molecule has 1 amide bonds. The highest BCUT2D eigenvalue weighted by atomic mass is 16.3. The highest BCUT2D eigenvalue weighted by Gasteiger charge is 2.27. The van der Waals surface area contributed by atoms with E-state index in [1.54, 1.807) is 25.1 Å². The van der Waals surface area contributed by atoms with E-state index in [1.807, 2.05) is 11.8 Å². The number of hydrogen-bond donors (Lipinski definition) is 2. The number of rotatable bonds is 2. The first-order valence-electron chi connectivity index (χ1n) is 6.31. The van der Waals surface area contributed by atoms with Crippen LogP contribution in [0.3, 0.4) is 0 Å². The Morgan fingerprint density at radius 2 is 2.32 bits per heavy atom. The predicted octanol–water partition coefficient (Wildman–Crippen LogP) is 0.936. The van der Waals surface area contributed by atoms with Crippen LogP contribution in [0.15, 0.2) is 18.2 Å². The molecule has 5 heteroatoms. The minimum atomic E-state index is -0.639. The molecule has 0 aromatic heterocycles. The largest absolute Gasteiger partial charge is 0.389 e. The summed E-state index contributed by atoms with van der Waals surface area (Å²) in [5.74, 6) is -0.0369. The van der Waals surface area contributed by atoms with Crippen LogP contribution in [-0.2, 0) is 4.79 Å². The fourth-order valence-corrected chi connectivity index (χ4v) is 2.33. The van der Waals surface area contributed by atoms with Crippen molar-refractivity contribution in [1.82, 2.24) is 5.32 Å². The molecule has 0 radical (unpaired) electrons. The molecule has 1 saturated heterocycles. The van der Waals surface area contributed by atoms with E-state index in [2.05, 4.69) is 11.4 Å². The number of nitrogens with one attached hydrogen (secondary N) is 1. The maximum absolute atomic E-state index is 11.7. The van der Waals surface area contributed by atoms with Crippen LogP contribution in [0.4, 0.5) is 5.69 Å². The van der Waals surface area contributed by atoms with E-state index >= 15 is 0 Å². The molecule has 1 aromatic carbocycles. The van der Waals surface area contributed by atoms with Crippen LogP contribution in [-0.4, -0.2) is 30.1 Å². The van der Waals surface area contributed by atoms with E-state index in [1.165, 1.54) is 0 Å². The third kappa shape index (κ3) is 2.54. The van der Waals surface area contributed by atoms with Gasteiger partial charge in [-0.1, -0.05) is 6.07 Å². The first kappa shape index (κ1) is 13.4. The molecule has 2 N–H and O–H groups in total. The molecule has 0 saturated carbocycles. The van der Waals surface area contributed by atoms with Crippen molar-refractivity contribution < 1.29 is 9.90 Å². The number of carbonyl (C=O) groups is 1. The molecular formula is C14H17N3O2. The summed E-state index contributed by atoms with van der Waals surface area (Å²) in [6.07, 6.45) is -0.639. The van der Waals surface area contributed by atoms with Crippen LogP contribution in [0.1, 0.15) is 31.1 Å². The van der Waals surface area contributed by atoms with Crippen LogP contribution in [0.5, 0.6) is 0 Å². The highest BCUT2D eigenvalue weighted by molar-refractivity contribution is 5.86. The van der Waals surface area contributed by atoms with Crippen LogP contribution >= 0.6 is 0 Å². The van der Waals surface area contributed by atoms with Gasteiger partial charge >= 0.3 is 0 Å². The van der Waals surface area contributed by atoms with Gasteiger partial charge in [0.1, 0.15) is 6.04 Å². The molecular weight excluding hydrogens is 242 g/mol. The van der Waals surface area contributed by atoms with Crippen molar-refractivity contribution in [1.29, 1.82) is 5.26 Å². The molecule has 5 nitrogen and oxygen atoms in total. The fraction of sp³-hybridized carbons (Fsp3) is 0.429. The number of nitriles is 1. The van der Waals surface area contributed by atoms with Crippen molar-refractivity contribution in [3.05, 3.63) is 29.3 Å². The number of amides is 1. The number of anilines is 1. The van der Waals surface area contributed by atoms with Crippen LogP contribution in [0, 0.1) is 11.3 Å². The monoisotopic (exact) mass is 259 g/mol. The molecule has 1 aliphatic heterocycles. The lowest BCUT2D eigenvalue weighted by Crippen LogP contribution is -2.54. The van der Waals surface area contributed by atoms with Crippen molar-refractivity contribution in [3.8, 4) is 6.07 Å². The number of aliphatic hydroxyl groups is 1. The van der Waals surface area contributed by atoms with Crippen molar-refractivity contribution >= 4 is 11.6 Å². The Kier molecular flexibility index (Phi) is 3.72. The summed E-state index contributed by atoms with van der Waals surface area (Å²) >= 11 is 0. The summed E-state index contributed by atoms with van der Waals surface area (Å²) < 4.78 is 0. The van der Waals surface area contributed by atoms with Crippen LogP contribution in [0.25, 0.3) is 0 Å². The predicted molar refractivity (Wildman–Crippen MR) is 71.6 cm³/mol. The van der Waals surface area contributed by atoms with E-state index in [4.69, 9.17) is 5.26 Å². The van der Waals surface area contributed by atoms with E-state index in [0.29, 0.717) is 18.7 Å². The zero-order valence-electron chi connectivity index (χ0n) is 11.1. The van der Waals surface area contributed by atoms with Crippen molar-refractivity contribution in [2.45, 2.75) is 26.0 Å². The highest BCUT2D eigenvalue weighted by Crippen LogP contribution is 2.29. The summed E-state index contributed by atoms with van der Waals surface area (Å²) in [7, 11) is 0. The van der Waals surface area contributed by atoms with Gasteiger partial charge in [0.25, 0.3) is 0 Å². The quantitative estimate of drug-likeness (QED) is 0.828. The maximum Gasteiger partial charge on any atom is 0.242 e. The first-order valence-corrected chi connectivity index (χ1v) is 6.31. The zero-order valence-corrected chi connectivity index (χ0v) is 11.1. The Morgan fingerprint density at radius 1 is 1.58 bits per heavy atom. The van der Waals surface area contributed by atoms with Gasteiger partial charge in [-0.05, 0) is 26.0 Å². The van der Waals surface area contributed by atoms with Gasteiger partial charge in [0, 0.05) is 24.3 Å². The van der Waals surface area contributed by atoms with E-state index in [-0.39, 0.29) is 11.9 Å². The van der Waals surface area contributed by atoms with Gasteiger partial charge < -0.3 is 15.3 Å². The molecule has 2 unspecified atom stereocenters. The molecule has 19 heavy (non-hydrogen) atoms. The van der Waals surface area contributed by atoms with Gasteiger partial charge in [-0.3, -0.25) is 4.79 Å². The van der Waals surface area contributed by atoms with Crippen molar-refractivity contribution in [2.24, 2.45) is 0 Å². The molecule has 0 spiro atoms. The Bertz CT molecular complexity index is 534. The van der Waals surface area contributed by atoms with Crippen molar-refractivity contribution in [3.63, 3.8) is 0 Å². The van der Waals surface area contributed by atoms with Crippen LogP contribution < -0.4 is 10.2 Å². The zero-order chi connectivity index (χ0) is 14.0. The third-order valence-corrected chi connectivity index (χ3v) is 3.42. The molecule has 0 bridgehead atoms. The lowest BCUT2D eigenvalue weighted by molar-refractivity contribution is -0.122. The molecule has 2 atom stereocenters. The molecule has 1 fully saturated rings. The Balaban J connectivity index is 2.47. The summed E-state index contributed by atoms with van der Waals surface area (Å²) in [5, 5.41) is 21.6. The smallest absolute Gasteiger partial charge is 0.242 e. The van der Waals surface area contributed by atoms with Gasteiger partial charge in [0.15, 0.2) is 0 Å². The number of piperazine rings is 1. The third-order valence-electron chi connectivity index (χ3n) is 3.42. The summed E-state index contributed by atoms with van der Waals surface area (Å²) in [6, 6.07) is 6.95. The number of aliphatic hydroxyl groups excluding tert-OH is 1. The number of benzene rings is 1. The fourth-order valence-electron chi connectivity index (χ4n) is 2.33. The molecule has 1 aromatic rings. The molecule has 1 aliphatic rings. The van der Waals surface area contributed by atoms with Gasteiger partial charge in [0.2, 0.25) is 5.91 Å². The second kappa shape index (κ2) is 5.29. The average molecular weight is 259 g/mol. The molecule has 0 aliphatic carbocycles. The second-order valence-electron chi connectivity index (χ2n) is 4.72. The Hall–Kier alpha value is -2.06. The first-order chi connectivity index (χ1) is 9.04. The molecule has 2 rings (SSSR count). The SMILES string of the molecule is CC(O)c1ccc(C#N)cc1N1CCNC(=O)C1C. The average Bonchev–Trinajstić information content (AvgIpc) is 2.41. The second-order valence-corrected chi connectivity index (χ2v) is 4.72. The standard InChI is InChI=1S/C14H17N3O2/c1-9-14(19)16-5-6-17(9)13-7-11(8-15)3-4-12(13)10(2)18/h3-4,7,9-10,18H,5-6H2,1-2H3,(H,16,19). The van der Waals surface area contributed by atoms with E-state index in [9.17, 15) is 9.90 Å². The Morgan fingerprint density at radius 3 is 2.95 bits per heavy atom. The topological polar surface area (TPSA) is 76.4 Å². The summed E-state index contributed by atoms with van der Waals surface area (Å²) in [5.41, 5.74) is 2.02. The lowest BCUT2D eigenvalue weighted by Gasteiger charge is -2.36. The van der Waals surface area contributed by atoms with Gasteiger partial charge in [-0.15, -0.1) is 0 Å². The Labute approximate surface area is 112 Å². The maximum atomic E-state index is 11.7. The molecule has 1 heterocycles.